The summed E-state index contributed by atoms with van der Waals surface area (Å²) in [5.74, 6) is -0.618. The van der Waals surface area contributed by atoms with E-state index >= 15 is 0 Å². The van der Waals surface area contributed by atoms with Gasteiger partial charge >= 0.3 is 6.43 Å². The van der Waals surface area contributed by atoms with Gasteiger partial charge in [-0.15, -0.1) is 0 Å². The number of amides is 1. The zero-order valence-corrected chi connectivity index (χ0v) is 8.51. The molecule has 1 aliphatic rings. The van der Waals surface area contributed by atoms with Crippen molar-refractivity contribution in [2.24, 2.45) is 5.92 Å². The number of nitrogens with zero attached hydrogens (tertiary/aromatic N) is 1. The Labute approximate surface area is 83.3 Å². The molecule has 0 N–H and O–H groups in total. The van der Waals surface area contributed by atoms with Crippen LogP contribution in [0.4, 0.5) is 8.78 Å². The summed E-state index contributed by atoms with van der Waals surface area (Å²) in [7, 11) is 1.46. The van der Waals surface area contributed by atoms with Gasteiger partial charge in [0.15, 0.2) is 0 Å². The number of carbonyl (C=O) groups excluding carboxylic acids is 1. The van der Waals surface area contributed by atoms with Gasteiger partial charge in [0.2, 0.25) is 0 Å². The predicted molar refractivity (Wildman–Crippen MR) is 50.2 cm³/mol. The minimum atomic E-state index is -2.86. The van der Waals surface area contributed by atoms with Crippen LogP contribution in [-0.2, 0) is 4.79 Å². The van der Waals surface area contributed by atoms with E-state index in [2.05, 4.69) is 0 Å². The van der Waals surface area contributed by atoms with Gasteiger partial charge in [0.05, 0.1) is 0 Å². The second-order valence-corrected chi connectivity index (χ2v) is 4.02. The van der Waals surface area contributed by atoms with Gasteiger partial charge in [-0.05, 0) is 18.8 Å². The molecule has 82 valence electrons. The molecule has 0 unspecified atom stereocenters. The predicted octanol–water partition coefficient (Wildman–Crippen LogP) is 2.29. The Kier molecular flexibility index (Phi) is 4.29. The first-order chi connectivity index (χ1) is 6.61. The molecule has 0 aromatic rings. The second kappa shape index (κ2) is 5.27. The minimum absolute atomic E-state index is 0.427. The van der Waals surface area contributed by atoms with Crippen molar-refractivity contribution in [3.8, 4) is 0 Å². The van der Waals surface area contributed by atoms with Gasteiger partial charge < -0.3 is 4.90 Å². The highest BCUT2D eigenvalue weighted by Crippen LogP contribution is 2.24. The normalized spacial score (nSPS) is 18.6. The van der Waals surface area contributed by atoms with Gasteiger partial charge in [-0.25, -0.2) is 0 Å². The quantitative estimate of drug-likeness (QED) is 0.692. The molecule has 0 heterocycles. The Morgan fingerprint density at radius 3 is 2.43 bits per heavy atom. The van der Waals surface area contributed by atoms with Crippen LogP contribution in [0.3, 0.4) is 0 Å². The Balaban J connectivity index is 2.31. The average Bonchev–Trinajstić information content (AvgIpc) is 2.18. The van der Waals surface area contributed by atoms with E-state index < -0.39 is 12.3 Å². The minimum Gasteiger partial charge on any atom is -0.341 e. The van der Waals surface area contributed by atoms with Crippen LogP contribution in [0.25, 0.3) is 0 Å². The van der Waals surface area contributed by atoms with Crippen LogP contribution in [0.1, 0.15) is 32.1 Å². The van der Waals surface area contributed by atoms with E-state index in [1.54, 1.807) is 0 Å². The summed E-state index contributed by atoms with van der Waals surface area (Å²) in [6.07, 6.45) is 2.86. The number of hydrogen-bond acceptors (Lipinski definition) is 1. The number of halogens is 2. The molecule has 2 nitrogen and oxygen atoms in total. The molecule has 0 atom stereocenters. The Hall–Kier alpha value is -0.670. The van der Waals surface area contributed by atoms with Crippen molar-refractivity contribution >= 4 is 5.91 Å². The lowest BCUT2D eigenvalue weighted by Gasteiger charge is -2.26. The summed E-state index contributed by atoms with van der Waals surface area (Å²) in [6.45, 7) is 0.489. The van der Waals surface area contributed by atoms with E-state index in [1.165, 1.54) is 31.2 Å². The van der Waals surface area contributed by atoms with Gasteiger partial charge in [-0.3, -0.25) is 4.79 Å². The van der Waals surface area contributed by atoms with Crippen LogP contribution in [0.5, 0.6) is 0 Å². The topological polar surface area (TPSA) is 20.3 Å². The summed E-state index contributed by atoms with van der Waals surface area (Å²) in [5, 5.41) is 0. The maximum atomic E-state index is 12.0. The zero-order valence-electron chi connectivity index (χ0n) is 8.51. The van der Waals surface area contributed by atoms with Crippen LogP contribution in [-0.4, -0.2) is 30.8 Å². The molecule has 1 saturated carbocycles. The van der Waals surface area contributed by atoms with Crippen molar-refractivity contribution in [3.05, 3.63) is 0 Å². The highest BCUT2D eigenvalue weighted by atomic mass is 19.3. The van der Waals surface area contributed by atoms with Crippen molar-refractivity contribution < 1.29 is 13.6 Å². The third-order valence-corrected chi connectivity index (χ3v) is 2.82. The third-order valence-electron chi connectivity index (χ3n) is 2.82. The lowest BCUT2D eigenvalue weighted by molar-refractivity contribution is -0.142. The van der Waals surface area contributed by atoms with E-state index in [4.69, 9.17) is 0 Å². The molecule has 0 aromatic heterocycles. The van der Waals surface area contributed by atoms with E-state index in [9.17, 15) is 13.6 Å². The standard InChI is InChI=1S/C10H17F2NO/c1-13(10(14)9(11)12)7-8-5-3-2-4-6-8/h8-9H,2-7H2,1H3. The number of rotatable bonds is 3. The van der Waals surface area contributed by atoms with Crippen molar-refractivity contribution in [2.75, 3.05) is 13.6 Å². The summed E-state index contributed by atoms with van der Waals surface area (Å²) in [6, 6.07) is 0. The molecular formula is C10H17F2NO. The van der Waals surface area contributed by atoms with E-state index in [0.717, 1.165) is 12.8 Å². The smallest absolute Gasteiger partial charge is 0.315 e. The molecule has 0 bridgehead atoms. The van der Waals surface area contributed by atoms with Gasteiger partial charge in [0, 0.05) is 13.6 Å². The van der Waals surface area contributed by atoms with Gasteiger partial charge in [0.1, 0.15) is 0 Å². The van der Waals surface area contributed by atoms with Crippen molar-refractivity contribution in [3.63, 3.8) is 0 Å². The summed E-state index contributed by atoms with van der Waals surface area (Å²) < 4.78 is 24.1. The van der Waals surface area contributed by atoms with E-state index in [1.807, 2.05) is 0 Å². The van der Waals surface area contributed by atoms with Crippen molar-refractivity contribution in [1.82, 2.24) is 4.90 Å². The van der Waals surface area contributed by atoms with Crippen LogP contribution in [0, 0.1) is 5.92 Å². The molecule has 0 radical (unpaired) electrons. The Morgan fingerprint density at radius 1 is 1.36 bits per heavy atom. The van der Waals surface area contributed by atoms with Crippen LogP contribution in [0.2, 0.25) is 0 Å². The van der Waals surface area contributed by atoms with Gasteiger partial charge in [0.25, 0.3) is 5.91 Å². The molecule has 0 aromatic carbocycles. The highest BCUT2D eigenvalue weighted by molar-refractivity contribution is 5.78. The molecule has 4 heteroatoms. The molecule has 1 fully saturated rings. The van der Waals surface area contributed by atoms with Gasteiger partial charge in [-0.1, -0.05) is 19.3 Å². The molecule has 1 aliphatic carbocycles. The molecule has 1 amide bonds. The summed E-state index contributed by atoms with van der Waals surface area (Å²) in [5.41, 5.74) is 0. The van der Waals surface area contributed by atoms with Crippen LogP contribution < -0.4 is 0 Å². The monoisotopic (exact) mass is 205 g/mol. The maximum Gasteiger partial charge on any atom is 0.315 e. The fourth-order valence-corrected chi connectivity index (χ4v) is 2.01. The zero-order chi connectivity index (χ0) is 10.6. The number of carbonyl (C=O) groups is 1. The van der Waals surface area contributed by atoms with Crippen molar-refractivity contribution in [1.29, 1.82) is 0 Å². The molecule has 0 saturated heterocycles. The molecule has 0 aliphatic heterocycles. The fraction of sp³-hybridized carbons (Fsp3) is 0.900. The third kappa shape index (κ3) is 3.24. The first-order valence-electron chi connectivity index (χ1n) is 5.14. The lowest BCUT2D eigenvalue weighted by atomic mass is 9.89. The Morgan fingerprint density at radius 2 is 1.93 bits per heavy atom. The van der Waals surface area contributed by atoms with Crippen LogP contribution in [0.15, 0.2) is 0 Å². The SMILES string of the molecule is CN(CC1CCCCC1)C(=O)C(F)F. The van der Waals surface area contributed by atoms with Crippen LogP contribution >= 0.6 is 0 Å². The molecule has 1 rings (SSSR count). The first-order valence-corrected chi connectivity index (χ1v) is 5.14. The molecule has 0 spiro atoms. The number of hydrogen-bond donors (Lipinski definition) is 0. The number of alkyl halides is 2. The first kappa shape index (κ1) is 11.4. The Bertz CT molecular complexity index is 191. The fourth-order valence-electron chi connectivity index (χ4n) is 2.01. The average molecular weight is 205 g/mol. The molecular weight excluding hydrogens is 188 g/mol. The largest absolute Gasteiger partial charge is 0.341 e. The van der Waals surface area contributed by atoms with Crippen molar-refractivity contribution in [2.45, 2.75) is 38.5 Å². The summed E-state index contributed by atoms with van der Waals surface area (Å²) in [4.78, 5) is 12.1. The summed E-state index contributed by atoms with van der Waals surface area (Å²) >= 11 is 0. The lowest BCUT2D eigenvalue weighted by Crippen LogP contribution is -2.36. The second-order valence-electron chi connectivity index (χ2n) is 4.02. The van der Waals surface area contributed by atoms with E-state index in [-0.39, 0.29) is 0 Å². The van der Waals surface area contributed by atoms with E-state index in [0.29, 0.717) is 12.5 Å². The van der Waals surface area contributed by atoms with Gasteiger partial charge in [-0.2, -0.15) is 8.78 Å². The maximum absolute atomic E-state index is 12.0. The molecule has 14 heavy (non-hydrogen) atoms. The highest BCUT2D eigenvalue weighted by Gasteiger charge is 2.23.